The fraction of sp³-hybridized carbons (Fsp3) is 0.833. The fourth-order valence-electron chi connectivity index (χ4n) is 0.562. The van der Waals surface area contributed by atoms with E-state index in [0.717, 1.165) is 12.8 Å². The Morgan fingerprint density at radius 2 is 2.00 bits per heavy atom. The lowest BCUT2D eigenvalue weighted by Crippen LogP contribution is -2.06. The molecule has 0 spiro atoms. The summed E-state index contributed by atoms with van der Waals surface area (Å²) in [6, 6.07) is 0. The quantitative estimate of drug-likeness (QED) is 0.590. The van der Waals surface area contributed by atoms with Crippen LogP contribution in [-0.4, -0.2) is 10.2 Å². The molecule has 0 aliphatic heterocycles. The molecule has 0 aliphatic carbocycles. The molecular weight excluding hydrogens is 104 g/mol. The van der Waals surface area contributed by atoms with E-state index >= 15 is 0 Å². The summed E-state index contributed by atoms with van der Waals surface area (Å²) in [6.45, 7) is 3.80. The van der Waals surface area contributed by atoms with Crippen LogP contribution in [0.4, 0.5) is 0 Å². The van der Waals surface area contributed by atoms with E-state index in [4.69, 9.17) is 10.2 Å². The van der Waals surface area contributed by atoms with Gasteiger partial charge in [-0.15, -0.1) is 0 Å². The smallest absolute Gasteiger partial charge is 0.221 e. The Balaban J connectivity index is 3.17. The molecule has 2 heteroatoms. The average Bonchev–Trinajstić information content (AvgIpc) is 1.67. The highest BCUT2D eigenvalue weighted by Crippen LogP contribution is 2.12. The molecule has 8 heavy (non-hydrogen) atoms. The molecule has 49 valence electrons. The summed E-state index contributed by atoms with van der Waals surface area (Å²) in [6.07, 6.45) is 1.40. The first-order valence-corrected chi connectivity index (χ1v) is 2.93. The van der Waals surface area contributed by atoms with E-state index in [9.17, 15) is 0 Å². The molecule has 0 saturated heterocycles. The van der Waals surface area contributed by atoms with Crippen LogP contribution in [0.15, 0.2) is 0 Å². The molecule has 0 amide bonds. The lowest BCUT2D eigenvalue weighted by Gasteiger charge is -2.08. The minimum Gasteiger partial charge on any atom is -0.361 e. The van der Waals surface area contributed by atoms with E-state index in [1.54, 1.807) is 6.92 Å². The molecule has 0 rings (SSSR count). The monoisotopic (exact) mass is 117 g/mol. The fourth-order valence-corrected chi connectivity index (χ4v) is 0.562. The topological polar surface area (TPSA) is 40.5 Å². The SMILES string of the molecule is CCCC(C)[C](O)O. The molecular formula is C6H13O2. The molecule has 1 radical (unpaired) electrons. The van der Waals surface area contributed by atoms with Crippen LogP contribution >= 0.6 is 0 Å². The van der Waals surface area contributed by atoms with Crippen molar-refractivity contribution in [1.29, 1.82) is 0 Å². The van der Waals surface area contributed by atoms with Gasteiger partial charge in [-0.25, -0.2) is 0 Å². The molecule has 0 fully saturated rings. The van der Waals surface area contributed by atoms with Crippen molar-refractivity contribution in [2.75, 3.05) is 0 Å². The number of hydrogen-bond donors (Lipinski definition) is 2. The first-order chi connectivity index (χ1) is 3.68. The molecule has 2 nitrogen and oxygen atoms in total. The van der Waals surface area contributed by atoms with Crippen LogP contribution in [0.1, 0.15) is 26.7 Å². The number of aliphatic hydroxyl groups is 2. The van der Waals surface area contributed by atoms with Crippen molar-refractivity contribution in [3.63, 3.8) is 0 Å². The van der Waals surface area contributed by atoms with E-state index < -0.39 is 6.29 Å². The largest absolute Gasteiger partial charge is 0.361 e. The van der Waals surface area contributed by atoms with Crippen molar-refractivity contribution in [3.05, 3.63) is 6.29 Å². The summed E-state index contributed by atoms with van der Waals surface area (Å²) in [5.41, 5.74) is 0. The normalized spacial score (nSPS) is 14.6. The minimum atomic E-state index is -0.438. The maximum atomic E-state index is 8.42. The lowest BCUT2D eigenvalue weighted by molar-refractivity contribution is 0.0362. The van der Waals surface area contributed by atoms with E-state index in [1.165, 1.54) is 0 Å². The third-order valence-electron chi connectivity index (χ3n) is 1.16. The summed E-state index contributed by atoms with van der Waals surface area (Å²) in [4.78, 5) is 0. The van der Waals surface area contributed by atoms with Crippen molar-refractivity contribution >= 4 is 0 Å². The summed E-state index contributed by atoms with van der Waals surface area (Å²) in [5.74, 6) is -0.0556. The van der Waals surface area contributed by atoms with Crippen LogP contribution in [0, 0.1) is 12.2 Å². The van der Waals surface area contributed by atoms with Gasteiger partial charge in [0, 0.05) is 5.92 Å². The first kappa shape index (κ1) is 7.92. The highest BCUT2D eigenvalue weighted by molar-refractivity contribution is 4.66. The van der Waals surface area contributed by atoms with Crippen LogP contribution in [-0.2, 0) is 0 Å². The molecule has 0 aromatic heterocycles. The van der Waals surface area contributed by atoms with Gasteiger partial charge in [-0.3, -0.25) is 0 Å². The molecule has 0 aromatic carbocycles. The van der Waals surface area contributed by atoms with Gasteiger partial charge in [0.15, 0.2) is 0 Å². The highest BCUT2D eigenvalue weighted by Gasteiger charge is 2.09. The predicted molar refractivity (Wildman–Crippen MR) is 31.2 cm³/mol. The third kappa shape index (κ3) is 2.99. The summed E-state index contributed by atoms with van der Waals surface area (Å²) >= 11 is 0. The molecule has 0 heterocycles. The van der Waals surface area contributed by atoms with Gasteiger partial charge in [0.25, 0.3) is 0 Å². The maximum Gasteiger partial charge on any atom is 0.221 e. The second-order valence-electron chi connectivity index (χ2n) is 2.05. The number of aliphatic hydroxyl groups excluding tert-OH is 1. The van der Waals surface area contributed by atoms with Crippen LogP contribution in [0.3, 0.4) is 0 Å². The van der Waals surface area contributed by atoms with Crippen molar-refractivity contribution in [2.24, 2.45) is 5.92 Å². The van der Waals surface area contributed by atoms with Crippen molar-refractivity contribution in [1.82, 2.24) is 0 Å². The van der Waals surface area contributed by atoms with Gasteiger partial charge in [-0.1, -0.05) is 20.3 Å². The van der Waals surface area contributed by atoms with Crippen molar-refractivity contribution < 1.29 is 10.2 Å². The highest BCUT2D eigenvalue weighted by atomic mass is 16.5. The standard InChI is InChI=1S/C6H13O2/c1-3-4-5(2)6(7)8/h5,7-8H,3-4H2,1-2H3. The average molecular weight is 117 g/mol. The molecule has 2 N–H and O–H groups in total. The van der Waals surface area contributed by atoms with E-state index in [0.29, 0.717) is 0 Å². The Kier molecular flexibility index (Phi) is 3.83. The zero-order valence-electron chi connectivity index (χ0n) is 5.39. The minimum absolute atomic E-state index is 0.0556. The van der Waals surface area contributed by atoms with Gasteiger partial charge in [0.1, 0.15) is 0 Å². The Bertz CT molecular complexity index is 52.5. The van der Waals surface area contributed by atoms with Gasteiger partial charge in [0.05, 0.1) is 0 Å². The van der Waals surface area contributed by atoms with E-state index in [1.807, 2.05) is 6.92 Å². The van der Waals surface area contributed by atoms with Gasteiger partial charge >= 0.3 is 0 Å². The second kappa shape index (κ2) is 3.87. The Hall–Kier alpha value is -0.0800. The van der Waals surface area contributed by atoms with Crippen molar-refractivity contribution in [3.8, 4) is 0 Å². The van der Waals surface area contributed by atoms with Crippen LogP contribution in [0.5, 0.6) is 0 Å². The Morgan fingerprint density at radius 1 is 1.50 bits per heavy atom. The first-order valence-electron chi connectivity index (χ1n) is 2.93. The Morgan fingerprint density at radius 3 is 2.12 bits per heavy atom. The van der Waals surface area contributed by atoms with Crippen LogP contribution in [0.2, 0.25) is 0 Å². The third-order valence-corrected chi connectivity index (χ3v) is 1.16. The lowest BCUT2D eigenvalue weighted by atomic mass is 10.1. The zero-order valence-corrected chi connectivity index (χ0v) is 5.39. The molecule has 1 unspecified atom stereocenters. The number of hydrogen-bond acceptors (Lipinski definition) is 2. The van der Waals surface area contributed by atoms with Gasteiger partial charge < -0.3 is 10.2 Å². The van der Waals surface area contributed by atoms with Gasteiger partial charge in [-0.05, 0) is 6.42 Å². The zero-order chi connectivity index (χ0) is 6.57. The summed E-state index contributed by atoms with van der Waals surface area (Å²) in [7, 11) is 0. The van der Waals surface area contributed by atoms with Crippen LogP contribution in [0.25, 0.3) is 0 Å². The molecule has 1 atom stereocenters. The molecule has 0 aromatic rings. The number of rotatable bonds is 3. The van der Waals surface area contributed by atoms with E-state index in [-0.39, 0.29) is 5.92 Å². The predicted octanol–water partition coefficient (Wildman–Crippen LogP) is 1.66. The van der Waals surface area contributed by atoms with Gasteiger partial charge in [0.2, 0.25) is 6.29 Å². The van der Waals surface area contributed by atoms with Crippen molar-refractivity contribution in [2.45, 2.75) is 26.7 Å². The van der Waals surface area contributed by atoms with Crippen LogP contribution < -0.4 is 0 Å². The summed E-state index contributed by atoms with van der Waals surface area (Å²) < 4.78 is 0. The van der Waals surface area contributed by atoms with Gasteiger partial charge in [-0.2, -0.15) is 0 Å². The maximum absolute atomic E-state index is 8.42. The molecule has 0 saturated carbocycles. The molecule has 0 bridgehead atoms. The second-order valence-corrected chi connectivity index (χ2v) is 2.05. The Labute approximate surface area is 50.2 Å². The summed E-state index contributed by atoms with van der Waals surface area (Å²) in [5, 5.41) is 16.8. The molecule has 0 aliphatic rings. The van der Waals surface area contributed by atoms with E-state index in [2.05, 4.69) is 0 Å².